The van der Waals surface area contributed by atoms with E-state index in [9.17, 15) is 4.79 Å². The Balaban J connectivity index is 1.32. The van der Waals surface area contributed by atoms with Crippen molar-refractivity contribution in [1.82, 2.24) is 9.13 Å². The van der Waals surface area contributed by atoms with E-state index in [4.69, 9.17) is 37.7 Å². The molecule has 6 nitrogen and oxygen atoms in total. The molecule has 0 amide bonds. The van der Waals surface area contributed by atoms with E-state index in [1.165, 1.54) is 16.9 Å². The van der Waals surface area contributed by atoms with Crippen molar-refractivity contribution < 1.29 is 9.47 Å². The van der Waals surface area contributed by atoms with Gasteiger partial charge in [0.05, 0.1) is 30.5 Å². The van der Waals surface area contributed by atoms with Crippen molar-refractivity contribution in [1.29, 1.82) is 0 Å². The van der Waals surface area contributed by atoms with Crippen molar-refractivity contribution in [3.63, 3.8) is 0 Å². The molecule has 47 heavy (non-hydrogen) atoms. The molecular weight excluding hydrogens is 649 g/mol. The average Bonchev–Trinajstić information content (AvgIpc) is 3.60. The van der Waals surface area contributed by atoms with Crippen molar-refractivity contribution in [3.8, 4) is 11.5 Å². The number of methoxy groups -OCH3 is 2. The molecule has 3 heterocycles. The van der Waals surface area contributed by atoms with Crippen LogP contribution in [0.5, 0.6) is 11.5 Å². The highest BCUT2D eigenvalue weighted by Crippen LogP contribution is 2.43. The van der Waals surface area contributed by atoms with Crippen molar-refractivity contribution in [2.45, 2.75) is 25.4 Å². The maximum Gasteiger partial charge on any atom is 0.271 e. The molecule has 0 fully saturated rings. The lowest BCUT2D eigenvalue weighted by Crippen LogP contribution is -2.38. The molecule has 0 N–H and O–H groups in total. The molecule has 2 aliphatic rings. The van der Waals surface area contributed by atoms with E-state index < -0.39 is 0 Å². The Morgan fingerprint density at radius 3 is 2.57 bits per heavy atom. The van der Waals surface area contributed by atoms with Gasteiger partial charge in [-0.1, -0.05) is 89.1 Å². The summed E-state index contributed by atoms with van der Waals surface area (Å²) in [6.07, 6.45) is 5.77. The van der Waals surface area contributed by atoms with Crippen LogP contribution in [-0.4, -0.2) is 23.4 Å². The van der Waals surface area contributed by atoms with E-state index in [1.807, 2.05) is 53.1 Å². The van der Waals surface area contributed by atoms with Crippen LogP contribution < -0.4 is 24.4 Å². The van der Waals surface area contributed by atoms with E-state index in [2.05, 4.69) is 47.2 Å². The lowest BCUT2D eigenvalue weighted by Gasteiger charge is -2.31. The second kappa shape index (κ2) is 11.9. The number of thiazole rings is 1. The highest BCUT2D eigenvalue weighted by molar-refractivity contribution is 7.07. The van der Waals surface area contributed by atoms with E-state index in [0.717, 1.165) is 57.3 Å². The first kappa shape index (κ1) is 29.8. The summed E-state index contributed by atoms with van der Waals surface area (Å²) in [5.41, 5.74) is 8.32. The van der Waals surface area contributed by atoms with E-state index >= 15 is 0 Å². The van der Waals surface area contributed by atoms with Crippen LogP contribution in [0.3, 0.4) is 0 Å². The predicted octanol–water partition coefficient (Wildman–Crippen LogP) is 7.65. The van der Waals surface area contributed by atoms with Gasteiger partial charge in [-0.15, -0.1) is 0 Å². The number of nitrogens with zero attached hydrogens (tertiary/aromatic N) is 3. The second-order valence-electron chi connectivity index (χ2n) is 11.7. The van der Waals surface area contributed by atoms with E-state index in [1.54, 1.807) is 20.3 Å². The largest absolute Gasteiger partial charge is 0.493 e. The Labute approximate surface area is 285 Å². The molecule has 1 aliphatic carbocycles. The Bertz CT molecular complexity index is 2440. The van der Waals surface area contributed by atoms with Gasteiger partial charge >= 0.3 is 0 Å². The van der Waals surface area contributed by atoms with E-state index in [0.29, 0.717) is 37.4 Å². The number of aryl methyl sites for hydroxylation is 1. The second-order valence-corrected chi connectivity index (χ2v) is 13.5. The number of rotatable bonds is 6. The molecule has 0 spiro atoms. The Kier molecular flexibility index (Phi) is 7.55. The molecule has 8 rings (SSSR count). The van der Waals surface area contributed by atoms with Crippen LogP contribution in [0.4, 0.5) is 0 Å². The number of halogens is 2. The highest BCUT2D eigenvalue weighted by Gasteiger charge is 2.33. The van der Waals surface area contributed by atoms with Crippen LogP contribution >= 0.6 is 34.5 Å². The maximum atomic E-state index is 14.5. The summed E-state index contributed by atoms with van der Waals surface area (Å²) in [7, 11) is 3.26. The summed E-state index contributed by atoms with van der Waals surface area (Å²) >= 11 is 14.1. The van der Waals surface area contributed by atoms with Crippen LogP contribution in [0.2, 0.25) is 10.0 Å². The molecule has 6 aromatic rings. The minimum atomic E-state index is -0.329. The number of hydrogen-bond acceptors (Lipinski definition) is 5. The molecule has 2 aromatic heterocycles. The summed E-state index contributed by atoms with van der Waals surface area (Å²) in [5.74, 6) is 1.26. The molecule has 1 atom stereocenters. The Morgan fingerprint density at radius 1 is 0.936 bits per heavy atom. The van der Waals surface area contributed by atoms with Gasteiger partial charge in [-0.3, -0.25) is 9.36 Å². The van der Waals surface area contributed by atoms with Gasteiger partial charge in [-0.25, -0.2) is 4.99 Å². The van der Waals surface area contributed by atoms with Crippen LogP contribution in [0.1, 0.15) is 40.3 Å². The number of fused-ring (bicyclic) bond motifs is 4. The number of ether oxygens (including phenoxy) is 2. The van der Waals surface area contributed by atoms with Crippen LogP contribution in [0.15, 0.2) is 106 Å². The Morgan fingerprint density at radius 2 is 1.74 bits per heavy atom. The fourth-order valence-corrected chi connectivity index (χ4v) is 8.30. The maximum absolute atomic E-state index is 14.5. The minimum Gasteiger partial charge on any atom is -0.493 e. The third kappa shape index (κ3) is 5.10. The lowest BCUT2D eigenvalue weighted by atomic mass is 9.83. The number of aromatic nitrogens is 2. The van der Waals surface area contributed by atoms with Crippen LogP contribution in [0, 0.1) is 0 Å². The smallest absolute Gasteiger partial charge is 0.271 e. The van der Waals surface area contributed by atoms with Gasteiger partial charge in [-0.05, 0) is 71.5 Å². The first-order valence-electron chi connectivity index (χ1n) is 15.3. The number of para-hydroxylation sites is 1. The third-order valence-corrected chi connectivity index (χ3v) is 10.6. The van der Waals surface area contributed by atoms with Crippen molar-refractivity contribution in [2.24, 2.45) is 4.99 Å². The van der Waals surface area contributed by atoms with E-state index in [-0.39, 0.29) is 11.6 Å². The Hall–Kier alpha value is -4.56. The van der Waals surface area contributed by atoms with Crippen LogP contribution in [0.25, 0.3) is 22.7 Å². The summed E-state index contributed by atoms with van der Waals surface area (Å²) in [4.78, 5) is 20.3. The summed E-state index contributed by atoms with van der Waals surface area (Å²) in [6, 6.07) is 27.8. The summed E-state index contributed by atoms with van der Waals surface area (Å²) in [5, 5.41) is 2.27. The third-order valence-electron chi connectivity index (χ3n) is 9.06. The summed E-state index contributed by atoms with van der Waals surface area (Å²) in [6.45, 7) is 0.567. The number of allylic oxidation sites excluding steroid dienone is 1. The van der Waals surface area contributed by atoms with Gasteiger partial charge in [0, 0.05) is 44.8 Å². The number of hydrogen-bond donors (Lipinski definition) is 0. The zero-order chi connectivity index (χ0) is 32.2. The SMILES string of the molecule is COc1ccc(C2C3=C(N=c4s/c(=C\c5cn(Cc6ccc(Cl)cc6Cl)c6ccccc56)c(=O)n42)c2ccccc2CC3)cc1OC. The predicted molar refractivity (Wildman–Crippen MR) is 190 cm³/mol. The molecule has 0 saturated heterocycles. The van der Waals surface area contributed by atoms with Gasteiger partial charge < -0.3 is 14.0 Å². The van der Waals surface area contributed by atoms with Crippen molar-refractivity contribution >= 4 is 57.2 Å². The molecule has 0 radical (unpaired) electrons. The molecule has 1 aliphatic heterocycles. The van der Waals surface area contributed by atoms with Gasteiger partial charge in [0.15, 0.2) is 16.3 Å². The minimum absolute atomic E-state index is 0.0727. The molecule has 1 unspecified atom stereocenters. The fraction of sp³-hybridized carbons (Fsp3) is 0.158. The standard InChI is InChI=1S/C38H29Cl2N3O3S/c1-45-32-16-13-23(17-33(32)46-2)36-29-15-12-22-7-3-4-9-28(22)35(29)41-38-43(36)37(44)34(47-38)18-25-21-42(31-10-6-5-8-27(25)31)20-24-11-14-26(39)19-30(24)40/h3-11,13-14,16-19,21,36H,12,15,20H2,1-2H3/b34-18-. The molecular formula is C38H29Cl2N3O3S. The van der Waals surface area contributed by atoms with Gasteiger partial charge in [0.1, 0.15) is 0 Å². The normalized spacial score (nSPS) is 15.7. The molecule has 4 aromatic carbocycles. The molecule has 9 heteroatoms. The zero-order valence-electron chi connectivity index (χ0n) is 25.7. The van der Waals surface area contributed by atoms with Crippen molar-refractivity contribution in [3.05, 3.63) is 154 Å². The lowest BCUT2D eigenvalue weighted by molar-refractivity contribution is 0.354. The van der Waals surface area contributed by atoms with Gasteiger partial charge in [-0.2, -0.15) is 0 Å². The monoisotopic (exact) mass is 677 g/mol. The topological polar surface area (TPSA) is 57.8 Å². The molecule has 0 bridgehead atoms. The molecule has 0 saturated carbocycles. The first-order chi connectivity index (χ1) is 22.9. The number of benzene rings is 4. The molecule has 234 valence electrons. The zero-order valence-corrected chi connectivity index (χ0v) is 28.0. The van der Waals surface area contributed by atoms with Crippen LogP contribution in [-0.2, 0) is 13.0 Å². The summed E-state index contributed by atoms with van der Waals surface area (Å²) < 4.78 is 15.9. The van der Waals surface area contributed by atoms with Gasteiger partial charge in [0.25, 0.3) is 5.56 Å². The first-order valence-corrected chi connectivity index (χ1v) is 16.9. The van der Waals surface area contributed by atoms with Crippen molar-refractivity contribution in [2.75, 3.05) is 14.2 Å². The fourth-order valence-electron chi connectivity index (χ4n) is 6.84. The quantitative estimate of drug-likeness (QED) is 0.182. The average molecular weight is 679 g/mol. The highest BCUT2D eigenvalue weighted by atomic mass is 35.5. The van der Waals surface area contributed by atoms with Gasteiger partial charge in [0.2, 0.25) is 0 Å².